The monoisotopic (exact) mass is 263 g/mol. The standard InChI is InChI=1S/C16H25NO2/c1-5-8-17-15(11-16(18)19-4)10-14-9-12(2)6-7-13(14)3/h6-7,9,15,17H,5,8,10-11H2,1-4H3. The summed E-state index contributed by atoms with van der Waals surface area (Å²) in [5.74, 6) is -0.154. The Balaban J connectivity index is 2.74. The number of benzene rings is 1. The molecule has 0 aliphatic heterocycles. The van der Waals surface area contributed by atoms with Crippen molar-refractivity contribution in [3.63, 3.8) is 0 Å². The molecule has 0 aliphatic carbocycles. The highest BCUT2D eigenvalue weighted by atomic mass is 16.5. The fraction of sp³-hybridized carbons (Fsp3) is 0.562. The van der Waals surface area contributed by atoms with Crippen LogP contribution in [-0.4, -0.2) is 25.7 Å². The number of carbonyl (C=O) groups excluding carboxylic acids is 1. The van der Waals surface area contributed by atoms with Crippen molar-refractivity contribution in [1.29, 1.82) is 0 Å². The smallest absolute Gasteiger partial charge is 0.307 e. The van der Waals surface area contributed by atoms with Crippen molar-refractivity contribution in [2.75, 3.05) is 13.7 Å². The van der Waals surface area contributed by atoms with Gasteiger partial charge in [-0.05, 0) is 44.4 Å². The summed E-state index contributed by atoms with van der Waals surface area (Å²) in [4.78, 5) is 11.5. The third kappa shape index (κ3) is 5.43. The van der Waals surface area contributed by atoms with Crippen LogP contribution in [0.5, 0.6) is 0 Å². The van der Waals surface area contributed by atoms with Crippen molar-refractivity contribution < 1.29 is 9.53 Å². The van der Waals surface area contributed by atoms with Gasteiger partial charge in [0.1, 0.15) is 0 Å². The molecule has 1 aromatic carbocycles. The van der Waals surface area contributed by atoms with E-state index in [4.69, 9.17) is 4.74 Å². The highest BCUT2D eigenvalue weighted by Gasteiger charge is 2.15. The van der Waals surface area contributed by atoms with Gasteiger partial charge < -0.3 is 10.1 Å². The van der Waals surface area contributed by atoms with Crippen LogP contribution in [0.1, 0.15) is 36.5 Å². The third-order valence-electron chi connectivity index (χ3n) is 3.29. The molecule has 0 saturated carbocycles. The predicted molar refractivity (Wildman–Crippen MR) is 78.3 cm³/mol. The number of carbonyl (C=O) groups is 1. The van der Waals surface area contributed by atoms with Crippen LogP contribution in [0, 0.1) is 13.8 Å². The van der Waals surface area contributed by atoms with Crippen LogP contribution >= 0.6 is 0 Å². The van der Waals surface area contributed by atoms with Crippen molar-refractivity contribution in [3.05, 3.63) is 34.9 Å². The van der Waals surface area contributed by atoms with E-state index in [1.165, 1.54) is 23.8 Å². The molecule has 0 amide bonds. The van der Waals surface area contributed by atoms with Gasteiger partial charge in [0, 0.05) is 6.04 Å². The molecule has 0 bridgehead atoms. The van der Waals surface area contributed by atoms with Gasteiger partial charge >= 0.3 is 5.97 Å². The van der Waals surface area contributed by atoms with Crippen molar-refractivity contribution >= 4 is 5.97 Å². The number of hydrogen-bond acceptors (Lipinski definition) is 3. The van der Waals surface area contributed by atoms with Crippen LogP contribution in [0.15, 0.2) is 18.2 Å². The maximum atomic E-state index is 11.5. The molecule has 0 spiro atoms. The zero-order valence-corrected chi connectivity index (χ0v) is 12.5. The average Bonchev–Trinajstić information content (AvgIpc) is 2.39. The summed E-state index contributed by atoms with van der Waals surface area (Å²) in [6, 6.07) is 6.61. The van der Waals surface area contributed by atoms with Crippen LogP contribution in [0.3, 0.4) is 0 Å². The van der Waals surface area contributed by atoms with Gasteiger partial charge in [0.15, 0.2) is 0 Å². The van der Waals surface area contributed by atoms with E-state index >= 15 is 0 Å². The molecule has 3 heteroatoms. The number of aryl methyl sites for hydroxylation is 2. The molecule has 0 fully saturated rings. The summed E-state index contributed by atoms with van der Waals surface area (Å²) in [7, 11) is 1.44. The molecular weight excluding hydrogens is 238 g/mol. The molecule has 1 N–H and O–H groups in total. The van der Waals surface area contributed by atoms with Gasteiger partial charge in [-0.3, -0.25) is 4.79 Å². The Morgan fingerprint density at radius 3 is 2.74 bits per heavy atom. The van der Waals surface area contributed by atoms with E-state index in [-0.39, 0.29) is 12.0 Å². The maximum Gasteiger partial charge on any atom is 0.307 e. The number of methoxy groups -OCH3 is 1. The first kappa shape index (κ1) is 15.7. The quantitative estimate of drug-likeness (QED) is 0.769. The summed E-state index contributed by atoms with van der Waals surface area (Å²) < 4.78 is 4.77. The van der Waals surface area contributed by atoms with E-state index in [1.807, 2.05) is 0 Å². The second-order valence-corrected chi connectivity index (χ2v) is 5.07. The molecule has 0 radical (unpaired) electrons. The topological polar surface area (TPSA) is 38.3 Å². The molecule has 1 unspecified atom stereocenters. The zero-order chi connectivity index (χ0) is 14.3. The molecule has 1 atom stereocenters. The van der Waals surface area contributed by atoms with Gasteiger partial charge in [-0.1, -0.05) is 30.7 Å². The first-order chi connectivity index (χ1) is 9.06. The highest BCUT2D eigenvalue weighted by Crippen LogP contribution is 2.14. The lowest BCUT2D eigenvalue weighted by atomic mass is 9.97. The summed E-state index contributed by atoms with van der Waals surface area (Å²) in [6.45, 7) is 7.26. The minimum absolute atomic E-state index is 0.146. The van der Waals surface area contributed by atoms with Crippen molar-refractivity contribution in [2.24, 2.45) is 0 Å². The normalized spacial score (nSPS) is 12.2. The lowest BCUT2D eigenvalue weighted by Crippen LogP contribution is -2.34. The van der Waals surface area contributed by atoms with Crippen LogP contribution in [0.2, 0.25) is 0 Å². The van der Waals surface area contributed by atoms with Crippen molar-refractivity contribution in [3.8, 4) is 0 Å². The number of ether oxygens (including phenoxy) is 1. The van der Waals surface area contributed by atoms with Crippen LogP contribution in [0.25, 0.3) is 0 Å². The number of nitrogens with one attached hydrogen (secondary N) is 1. The van der Waals surface area contributed by atoms with Gasteiger partial charge in [0.25, 0.3) is 0 Å². The summed E-state index contributed by atoms with van der Waals surface area (Å²) in [5, 5.41) is 3.43. The van der Waals surface area contributed by atoms with Gasteiger partial charge in [-0.15, -0.1) is 0 Å². The Bertz CT molecular complexity index is 415. The molecule has 19 heavy (non-hydrogen) atoms. The molecule has 0 aliphatic rings. The third-order valence-corrected chi connectivity index (χ3v) is 3.29. The average molecular weight is 263 g/mol. The van der Waals surface area contributed by atoms with Gasteiger partial charge in [0.05, 0.1) is 13.5 Å². The second-order valence-electron chi connectivity index (χ2n) is 5.07. The molecule has 1 aromatic rings. The Hall–Kier alpha value is -1.35. The lowest BCUT2D eigenvalue weighted by molar-refractivity contribution is -0.141. The zero-order valence-electron chi connectivity index (χ0n) is 12.5. The molecule has 3 nitrogen and oxygen atoms in total. The van der Waals surface area contributed by atoms with Gasteiger partial charge in [-0.2, -0.15) is 0 Å². The first-order valence-corrected chi connectivity index (χ1v) is 6.93. The molecule has 0 heterocycles. The minimum Gasteiger partial charge on any atom is -0.469 e. The van der Waals surface area contributed by atoms with Crippen LogP contribution in [0.4, 0.5) is 0 Å². The van der Waals surface area contributed by atoms with Crippen LogP contribution in [-0.2, 0) is 16.0 Å². The molecule has 0 saturated heterocycles. The largest absolute Gasteiger partial charge is 0.469 e. The van der Waals surface area contributed by atoms with E-state index in [9.17, 15) is 4.79 Å². The highest BCUT2D eigenvalue weighted by molar-refractivity contribution is 5.70. The Morgan fingerprint density at radius 1 is 1.37 bits per heavy atom. The fourth-order valence-corrected chi connectivity index (χ4v) is 2.14. The number of esters is 1. The molecule has 0 aromatic heterocycles. The Morgan fingerprint density at radius 2 is 2.11 bits per heavy atom. The predicted octanol–water partition coefficient (Wildman–Crippen LogP) is 2.78. The van der Waals surface area contributed by atoms with E-state index in [2.05, 4.69) is 44.3 Å². The van der Waals surface area contributed by atoms with E-state index in [1.54, 1.807) is 0 Å². The number of rotatable bonds is 7. The van der Waals surface area contributed by atoms with Gasteiger partial charge in [-0.25, -0.2) is 0 Å². The van der Waals surface area contributed by atoms with E-state index < -0.39 is 0 Å². The molecular formula is C16H25NO2. The lowest BCUT2D eigenvalue weighted by Gasteiger charge is -2.19. The van der Waals surface area contributed by atoms with Crippen LogP contribution < -0.4 is 5.32 Å². The van der Waals surface area contributed by atoms with Crippen molar-refractivity contribution in [2.45, 2.75) is 46.1 Å². The Labute approximate surface area is 116 Å². The fourth-order valence-electron chi connectivity index (χ4n) is 2.14. The number of hydrogen-bond donors (Lipinski definition) is 1. The van der Waals surface area contributed by atoms with Gasteiger partial charge in [0.2, 0.25) is 0 Å². The van der Waals surface area contributed by atoms with Crippen molar-refractivity contribution in [1.82, 2.24) is 5.32 Å². The first-order valence-electron chi connectivity index (χ1n) is 6.93. The molecule has 106 valence electrons. The SMILES string of the molecule is CCCNC(CC(=O)OC)Cc1cc(C)ccc1C. The maximum absolute atomic E-state index is 11.5. The summed E-state index contributed by atoms with van der Waals surface area (Å²) in [6.07, 6.45) is 2.34. The minimum atomic E-state index is -0.154. The molecule has 1 rings (SSSR count). The van der Waals surface area contributed by atoms with E-state index in [0.717, 1.165) is 19.4 Å². The summed E-state index contributed by atoms with van der Waals surface area (Å²) in [5.41, 5.74) is 3.84. The Kier molecular flexibility index (Phi) is 6.57. The second kappa shape index (κ2) is 7.95. The van der Waals surface area contributed by atoms with E-state index in [0.29, 0.717) is 6.42 Å². The summed E-state index contributed by atoms with van der Waals surface area (Å²) >= 11 is 0.